The third-order valence-corrected chi connectivity index (χ3v) is 4.77. The molecule has 3 heteroatoms. The maximum absolute atomic E-state index is 4.64. The molecule has 1 unspecified atom stereocenters. The molecule has 20 heavy (non-hydrogen) atoms. The molecule has 3 nitrogen and oxygen atoms in total. The Hall–Kier alpha value is -1.25. The third-order valence-electron chi connectivity index (χ3n) is 4.77. The number of nitrogens with one attached hydrogen (secondary N) is 1. The average molecular weight is 273 g/mol. The Bertz CT molecular complexity index is 432. The molecule has 0 aromatic carbocycles. The van der Waals surface area contributed by atoms with Gasteiger partial charge >= 0.3 is 0 Å². The van der Waals surface area contributed by atoms with Crippen molar-refractivity contribution in [2.75, 3.05) is 23.3 Å². The average Bonchev–Trinajstić information content (AvgIpc) is 2.80. The van der Waals surface area contributed by atoms with E-state index in [-0.39, 0.29) is 0 Å². The minimum Gasteiger partial charge on any atom is -0.381 e. The zero-order valence-electron chi connectivity index (χ0n) is 12.9. The molecule has 2 aliphatic rings. The summed E-state index contributed by atoms with van der Waals surface area (Å²) in [6.07, 6.45) is 9.85. The lowest BCUT2D eigenvalue weighted by atomic mass is 9.92. The highest BCUT2D eigenvalue weighted by Crippen LogP contribution is 2.38. The number of piperidine rings is 1. The highest BCUT2D eigenvalue weighted by atomic mass is 15.2. The normalized spacial score (nSPS) is 25.7. The summed E-state index contributed by atoms with van der Waals surface area (Å²) in [7, 11) is 0. The molecular formula is C17H27N3. The Morgan fingerprint density at radius 2 is 2.00 bits per heavy atom. The Balaban J connectivity index is 1.59. The van der Waals surface area contributed by atoms with Crippen LogP contribution in [0.4, 0.5) is 11.5 Å². The molecule has 1 saturated heterocycles. The molecule has 1 aliphatic carbocycles. The second-order valence-electron chi connectivity index (χ2n) is 7.20. The van der Waals surface area contributed by atoms with E-state index in [0.717, 1.165) is 18.9 Å². The Morgan fingerprint density at radius 3 is 2.60 bits per heavy atom. The van der Waals surface area contributed by atoms with Crippen molar-refractivity contribution in [3.05, 3.63) is 18.3 Å². The van der Waals surface area contributed by atoms with Crippen molar-refractivity contribution in [1.82, 2.24) is 4.98 Å². The van der Waals surface area contributed by atoms with Gasteiger partial charge in [0.15, 0.2) is 0 Å². The van der Waals surface area contributed by atoms with Gasteiger partial charge in [-0.05, 0) is 56.1 Å². The molecule has 1 aliphatic heterocycles. The summed E-state index contributed by atoms with van der Waals surface area (Å²) in [5.41, 5.74) is 1.67. The maximum Gasteiger partial charge on any atom is 0.128 e. The van der Waals surface area contributed by atoms with Gasteiger partial charge in [-0.25, -0.2) is 4.98 Å². The fourth-order valence-corrected chi connectivity index (χ4v) is 3.58. The number of hydrogen-bond acceptors (Lipinski definition) is 3. The SMILES string of the molecule is CC1(C)CCC(Nc2ccc(N3CCCCC3)nc2)C1. The monoisotopic (exact) mass is 273 g/mol. The summed E-state index contributed by atoms with van der Waals surface area (Å²) in [5.74, 6) is 1.14. The number of anilines is 2. The second kappa shape index (κ2) is 5.63. The smallest absolute Gasteiger partial charge is 0.128 e. The molecule has 0 amide bonds. The van der Waals surface area contributed by atoms with Crippen LogP contribution in [0.15, 0.2) is 18.3 Å². The summed E-state index contributed by atoms with van der Waals surface area (Å²) in [5, 5.41) is 3.65. The van der Waals surface area contributed by atoms with Gasteiger partial charge in [0.05, 0.1) is 11.9 Å². The molecule has 1 aromatic rings. The lowest BCUT2D eigenvalue weighted by molar-refractivity contribution is 0.378. The van der Waals surface area contributed by atoms with E-state index >= 15 is 0 Å². The predicted octanol–water partition coefficient (Wildman–Crippen LogP) is 4.06. The van der Waals surface area contributed by atoms with Crippen LogP contribution in [0.25, 0.3) is 0 Å². The van der Waals surface area contributed by atoms with E-state index in [1.165, 1.54) is 44.2 Å². The predicted molar refractivity (Wildman–Crippen MR) is 85.3 cm³/mol. The lowest BCUT2D eigenvalue weighted by Gasteiger charge is -2.27. The van der Waals surface area contributed by atoms with Gasteiger partial charge in [-0.3, -0.25) is 0 Å². The highest BCUT2D eigenvalue weighted by molar-refractivity contribution is 5.49. The van der Waals surface area contributed by atoms with E-state index < -0.39 is 0 Å². The first-order valence-corrected chi connectivity index (χ1v) is 8.10. The molecular weight excluding hydrogens is 246 g/mol. The molecule has 3 rings (SSSR count). The molecule has 110 valence electrons. The van der Waals surface area contributed by atoms with Crippen molar-refractivity contribution in [2.45, 2.75) is 58.4 Å². The van der Waals surface area contributed by atoms with Gasteiger partial charge in [0.1, 0.15) is 5.82 Å². The topological polar surface area (TPSA) is 28.2 Å². The van der Waals surface area contributed by atoms with Crippen molar-refractivity contribution in [1.29, 1.82) is 0 Å². The fourth-order valence-electron chi connectivity index (χ4n) is 3.58. The molecule has 2 fully saturated rings. The van der Waals surface area contributed by atoms with Crippen LogP contribution in [-0.2, 0) is 0 Å². The van der Waals surface area contributed by atoms with Crippen LogP contribution in [0, 0.1) is 5.41 Å². The minimum absolute atomic E-state index is 0.499. The molecule has 1 atom stereocenters. The van der Waals surface area contributed by atoms with Crippen molar-refractivity contribution >= 4 is 11.5 Å². The molecule has 0 spiro atoms. The van der Waals surface area contributed by atoms with Crippen molar-refractivity contribution in [3.8, 4) is 0 Å². The van der Waals surface area contributed by atoms with Crippen LogP contribution in [0.5, 0.6) is 0 Å². The Labute approximate surface area is 122 Å². The summed E-state index contributed by atoms with van der Waals surface area (Å²) < 4.78 is 0. The van der Waals surface area contributed by atoms with Gasteiger partial charge in [-0.1, -0.05) is 13.8 Å². The van der Waals surface area contributed by atoms with Crippen LogP contribution in [0.2, 0.25) is 0 Å². The molecule has 2 heterocycles. The maximum atomic E-state index is 4.64. The van der Waals surface area contributed by atoms with E-state index in [1.54, 1.807) is 0 Å². The fraction of sp³-hybridized carbons (Fsp3) is 0.706. The van der Waals surface area contributed by atoms with Crippen LogP contribution >= 0.6 is 0 Å². The van der Waals surface area contributed by atoms with Crippen LogP contribution in [0.3, 0.4) is 0 Å². The van der Waals surface area contributed by atoms with Crippen LogP contribution < -0.4 is 10.2 Å². The standard InChI is InChI=1S/C17H27N3/c1-17(2)9-8-14(12-17)19-15-6-7-16(18-13-15)20-10-4-3-5-11-20/h6-7,13-14,19H,3-5,8-12H2,1-2H3. The largest absolute Gasteiger partial charge is 0.381 e. The Morgan fingerprint density at radius 1 is 1.20 bits per heavy atom. The van der Waals surface area contributed by atoms with Crippen LogP contribution in [-0.4, -0.2) is 24.1 Å². The van der Waals surface area contributed by atoms with E-state index in [2.05, 4.69) is 41.2 Å². The van der Waals surface area contributed by atoms with Gasteiger partial charge in [0, 0.05) is 19.1 Å². The van der Waals surface area contributed by atoms with Gasteiger partial charge in [0.2, 0.25) is 0 Å². The molecule has 1 aromatic heterocycles. The number of rotatable bonds is 3. The first-order valence-electron chi connectivity index (χ1n) is 8.10. The molecule has 0 radical (unpaired) electrons. The van der Waals surface area contributed by atoms with Gasteiger partial charge < -0.3 is 10.2 Å². The first kappa shape index (κ1) is 13.7. The molecule has 1 N–H and O–H groups in total. The lowest BCUT2D eigenvalue weighted by Crippen LogP contribution is -2.30. The number of aromatic nitrogens is 1. The summed E-state index contributed by atoms with van der Waals surface area (Å²) in [4.78, 5) is 7.05. The van der Waals surface area contributed by atoms with Gasteiger partial charge in [-0.15, -0.1) is 0 Å². The second-order valence-corrected chi connectivity index (χ2v) is 7.20. The first-order chi connectivity index (χ1) is 9.62. The summed E-state index contributed by atoms with van der Waals surface area (Å²) in [6, 6.07) is 4.99. The number of hydrogen-bond donors (Lipinski definition) is 1. The van der Waals surface area contributed by atoms with Gasteiger partial charge in [-0.2, -0.15) is 0 Å². The van der Waals surface area contributed by atoms with E-state index in [0.29, 0.717) is 11.5 Å². The number of nitrogens with zero attached hydrogens (tertiary/aromatic N) is 2. The van der Waals surface area contributed by atoms with E-state index in [9.17, 15) is 0 Å². The zero-order chi connectivity index (χ0) is 14.0. The molecule has 1 saturated carbocycles. The quantitative estimate of drug-likeness (QED) is 0.900. The van der Waals surface area contributed by atoms with Crippen molar-refractivity contribution < 1.29 is 0 Å². The number of pyridine rings is 1. The third kappa shape index (κ3) is 3.25. The molecule has 0 bridgehead atoms. The van der Waals surface area contributed by atoms with E-state index in [4.69, 9.17) is 0 Å². The van der Waals surface area contributed by atoms with Gasteiger partial charge in [0.25, 0.3) is 0 Å². The van der Waals surface area contributed by atoms with E-state index in [1.807, 2.05) is 6.20 Å². The van der Waals surface area contributed by atoms with Crippen molar-refractivity contribution in [3.63, 3.8) is 0 Å². The Kier molecular flexibility index (Phi) is 3.86. The summed E-state index contributed by atoms with van der Waals surface area (Å²) >= 11 is 0. The highest BCUT2D eigenvalue weighted by Gasteiger charge is 2.30. The van der Waals surface area contributed by atoms with Crippen LogP contribution in [0.1, 0.15) is 52.4 Å². The zero-order valence-corrected chi connectivity index (χ0v) is 12.9. The van der Waals surface area contributed by atoms with Crippen molar-refractivity contribution in [2.24, 2.45) is 5.41 Å². The minimum atomic E-state index is 0.499. The summed E-state index contributed by atoms with van der Waals surface area (Å²) in [6.45, 7) is 7.06.